The number of benzene rings is 1. The first-order valence-electron chi connectivity index (χ1n) is 11.4. The van der Waals surface area contributed by atoms with Crippen LogP contribution in [0.25, 0.3) is 0 Å². The maximum absolute atomic E-state index is 12.9. The predicted octanol–water partition coefficient (Wildman–Crippen LogP) is 7.38. The third-order valence-electron chi connectivity index (χ3n) is 5.56. The van der Waals surface area contributed by atoms with Crippen molar-refractivity contribution >= 4 is 5.97 Å². The first-order chi connectivity index (χ1) is 13.4. The molecular formula is C26H44O3. The normalized spacial score (nSPS) is 13.4. The third kappa shape index (κ3) is 8.03. The minimum Gasteiger partial charge on any atom is -0.508 e. The Morgan fingerprint density at radius 2 is 1.34 bits per heavy atom. The largest absolute Gasteiger partial charge is 0.508 e. The summed E-state index contributed by atoms with van der Waals surface area (Å²) >= 11 is 0. The number of esters is 1. The van der Waals surface area contributed by atoms with E-state index >= 15 is 0 Å². The molecule has 166 valence electrons. The summed E-state index contributed by atoms with van der Waals surface area (Å²) in [5, 5.41) is 10.3. The SMILES string of the molecule is CCCCCCCCCOC(=O)C(C)c1c(C(C)(C)C)cc(O)cc1C(C)(C)C. The molecule has 0 aromatic heterocycles. The second-order valence-electron chi connectivity index (χ2n) is 10.5. The number of phenolic OH excluding ortho intramolecular Hbond substituents is 1. The molecule has 3 nitrogen and oxygen atoms in total. The van der Waals surface area contributed by atoms with Gasteiger partial charge in [-0.05, 0) is 53.0 Å². The topological polar surface area (TPSA) is 46.5 Å². The van der Waals surface area contributed by atoms with Crippen LogP contribution >= 0.6 is 0 Å². The molecule has 0 saturated heterocycles. The number of hydrogen-bond donors (Lipinski definition) is 1. The summed E-state index contributed by atoms with van der Waals surface area (Å²) < 4.78 is 5.65. The highest BCUT2D eigenvalue weighted by Crippen LogP contribution is 2.41. The van der Waals surface area contributed by atoms with Gasteiger partial charge in [0.05, 0.1) is 12.5 Å². The smallest absolute Gasteiger partial charge is 0.313 e. The highest BCUT2D eigenvalue weighted by molar-refractivity contribution is 5.79. The quantitative estimate of drug-likeness (QED) is 0.327. The van der Waals surface area contributed by atoms with Crippen LogP contribution in [0, 0.1) is 0 Å². The molecular weight excluding hydrogens is 360 g/mol. The van der Waals surface area contributed by atoms with Gasteiger partial charge in [0.25, 0.3) is 0 Å². The van der Waals surface area contributed by atoms with E-state index < -0.39 is 0 Å². The zero-order chi connectivity index (χ0) is 22.2. The van der Waals surface area contributed by atoms with Crippen LogP contribution in [0.15, 0.2) is 12.1 Å². The van der Waals surface area contributed by atoms with E-state index in [4.69, 9.17) is 4.74 Å². The summed E-state index contributed by atoms with van der Waals surface area (Å²) in [6, 6.07) is 3.62. The van der Waals surface area contributed by atoms with E-state index in [1.165, 1.54) is 32.1 Å². The van der Waals surface area contributed by atoms with Gasteiger partial charge in [0.2, 0.25) is 0 Å². The fourth-order valence-electron chi connectivity index (χ4n) is 3.82. The summed E-state index contributed by atoms with van der Waals surface area (Å²) in [6.07, 6.45) is 8.41. The number of phenols is 1. The van der Waals surface area contributed by atoms with Crippen molar-refractivity contribution in [3.63, 3.8) is 0 Å². The molecule has 1 N–H and O–H groups in total. The lowest BCUT2D eigenvalue weighted by atomic mass is 9.73. The van der Waals surface area contributed by atoms with Crippen LogP contribution in [-0.4, -0.2) is 17.7 Å². The molecule has 1 aromatic carbocycles. The van der Waals surface area contributed by atoms with Crippen molar-refractivity contribution in [2.24, 2.45) is 0 Å². The summed E-state index contributed by atoms with van der Waals surface area (Å²) in [5.74, 6) is -0.270. The summed E-state index contributed by atoms with van der Waals surface area (Å²) in [5.41, 5.74) is 2.68. The number of hydrogen-bond acceptors (Lipinski definition) is 3. The first-order valence-corrected chi connectivity index (χ1v) is 11.4. The molecule has 1 rings (SSSR count). The lowest BCUT2D eigenvalue weighted by Gasteiger charge is -2.32. The van der Waals surface area contributed by atoms with Crippen LogP contribution in [0.4, 0.5) is 0 Å². The number of carbonyl (C=O) groups excluding carboxylic acids is 1. The molecule has 0 bridgehead atoms. The Morgan fingerprint density at radius 3 is 1.79 bits per heavy atom. The lowest BCUT2D eigenvalue weighted by molar-refractivity contribution is -0.145. The molecule has 0 heterocycles. The molecule has 1 atom stereocenters. The van der Waals surface area contributed by atoms with Gasteiger partial charge in [0.1, 0.15) is 5.75 Å². The van der Waals surface area contributed by atoms with Crippen LogP contribution in [0.1, 0.15) is 123 Å². The Balaban J connectivity index is 2.89. The molecule has 0 aliphatic carbocycles. The van der Waals surface area contributed by atoms with Gasteiger partial charge in [-0.25, -0.2) is 0 Å². The van der Waals surface area contributed by atoms with Gasteiger partial charge in [-0.1, -0.05) is 87.0 Å². The highest BCUT2D eigenvalue weighted by Gasteiger charge is 2.32. The van der Waals surface area contributed by atoms with Crippen molar-refractivity contribution in [3.8, 4) is 5.75 Å². The molecule has 1 aromatic rings. The number of rotatable bonds is 10. The molecule has 0 spiro atoms. The predicted molar refractivity (Wildman–Crippen MR) is 123 cm³/mol. The van der Waals surface area contributed by atoms with Gasteiger partial charge in [0.15, 0.2) is 0 Å². The molecule has 0 aliphatic heterocycles. The van der Waals surface area contributed by atoms with E-state index in [1.54, 1.807) is 0 Å². The number of carbonyl (C=O) groups is 1. The van der Waals surface area contributed by atoms with E-state index in [-0.39, 0.29) is 28.5 Å². The molecule has 0 fully saturated rings. The monoisotopic (exact) mass is 404 g/mol. The van der Waals surface area contributed by atoms with Crippen molar-refractivity contribution in [3.05, 3.63) is 28.8 Å². The van der Waals surface area contributed by atoms with E-state index in [0.717, 1.165) is 29.5 Å². The van der Waals surface area contributed by atoms with E-state index in [0.29, 0.717) is 6.61 Å². The second-order valence-corrected chi connectivity index (χ2v) is 10.5. The van der Waals surface area contributed by atoms with Crippen LogP contribution in [0.3, 0.4) is 0 Å². The van der Waals surface area contributed by atoms with Crippen molar-refractivity contribution in [2.45, 2.75) is 117 Å². The van der Waals surface area contributed by atoms with Gasteiger partial charge in [-0.2, -0.15) is 0 Å². The van der Waals surface area contributed by atoms with Crippen molar-refractivity contribution in [2.75, 3.05) is 6.61 Å². The zero-order valence-corrected chi connectivity index (χ0v) is 20.2. The molecule has 0 amide bonds. The van der Waals surface area contributed by atoms with Crippen LogP contribution in [0.2, 0.25) is 0 Å². The number of unbranched alkanes of at least 4 members (excludes halogenated alkanes) is 6. The Kier molecular flexibility index (Phi) is 9.71. The Hall–Kier alpha value is -1.51. The number of aromatic hydroxyl groups is 1. The third-order valence-corrected chi connectivity index (χ3v) is 5.56. The average molecular weight is 405 g/mol. The summed E-state index contributed by atoms with van der Waals surface area (Å²) in [4.78, 5) is 12.9. The van der Waals surface area contributed by atoms with E-state index in [9.17, 15) is 9.90 Å². The standard InChI is InChI=1S/C26H44O3/c1-9-10-11-12-13-14-15-16-29-24(28)19(2)23-21(25(3,4)5)17-20(27)18-22(23)26(6,7)8/h17-19,27H,9-16H2,1-8H3. The maximum atomic E-state index is 12.9. The fourth-order valence-corrected chi connectivity index (χ4v) is 3.82. The Labute approximate surface area is 179 Å². The van der Waals surface area contributed by atoms with Crippen LogP contribution in [0.5, 0.6) is 5.75 Å². The van der Waals surface area contributed by atoms with Crippen molar-refractivity contribution < 1.29 is 14.6 Å². The maximum Gasteiger partial charge on any atom is 0.313 e. The van der Waals surface area contributed by atoms with Crippen molar-refractivity contribution in [1.82, 2.24) is 0 Å². The summed E-state index contributed by atoms with van der Waals surface area (Å²) in [7, 11) is 0. The molecule has 29 heavy (non-hydrogen) atoms. The minimum absolute atomic E-state index is 0.169. The Bertz CT molecular complexity index is 612. The molecule has 1 unspecified atom stereocenters. The zero-order valence-electron chi connectivity index (χ0n) is 20.2. The van der Waals surface area contributed by atoms with E-state index in [2.05, 4.69) is 48.5 Å². The Morgan fingerprint density at radius 1 is 0.897 bits per heavy atom. The number of ether oxygens (including phenoxy) is 1. The van der Waals surface area contributed by atoms with Gasteiger partial charge in [-0.15, -0.1) is 0 Å². The molecule has 3 heteroatoms. The average Bonchev–Trinajstić information content (AvgIpc) is 2.61. The molecule has 0 saturated carbocycles. The van der Waals surface area contributed by atoms with Gasteiger partial charge < -0.3 is 9.84 Å². The summed E-state index contributed by atoms with van der Waals surface area (Å²) in [6.45, 7) is 17.4. The van der Waals surface area contributed by atoms with Gasteiger partial charge in [-0.3, -0.25) is 4.79 Å². The van der Waals surface area contributed by atoms with Crippen LogP contribution < -0.4 is 0 Å². The van der Waals surface area contributed by atoms with Gasteiger partial charge in [0, 0.05) is 0 Å². The molecule has 0 aliphatic rings. The van der Waals surface area contributed by atoms with E-state index in [1.807, 2.05) is 19.1 Å². The fraction of sp³-hybridized carbons (Fsp3) is 0.731. The van der Waals surface area contributed by atoms with Crippen molar-refractivity contribution in [1.29, 1.82) is 0 Å². The van der Waals surface area contributed by atoms with Gasteiger partial charge >= 0.3 is 5.97 Å². The molecule has 0 radical (unpaired) electrons. The first kappa shape index (κ1) is 25.5. The second kappa shape index (κ2) is 11.0. The lowest BCUT2D eigenvalue weighted by Crippen LogP contribution is -2.26. The van der Waals surface area contributed by atoms with Crippen LogP contribution in [-0.2, 0) is 20.4 Å². The highest BCUT2D eigenvalue weighted by atomic mass is 16.5. The minimum atomic E-state index is -0.358.